The van der Waals surface area contributed by atoms with Crippen LogP contribution in [0.3, 0.4) is 0 Å². The molecule has 114 valence electrons. The summed E-state index contributed by atoms with van der Waals surface area (Å²) in [6.07, 6.45) is 5.34. The number of nitrogens with zero attached hydrogens (tertiary/aromatic N) is 2. The zero-order valence-corrected chi connectivity index (χ0v) is 12.8. The van der Waals surface area contributed by atoms with Crippen molar-refractivity contribution >= 4 is 11.9 Å². The van der Waals surface area contributed by atoms with E-state index < -0.39 is 5.97 Å². The molecule has 5 nitrogen and oxygen atoms in total. The van der Waals surface area contributed by atoms with Gasteiger partial charge in [-0.25, -0.2) is 0 Å². The van der Waals surface area contributed by atoms with Crippen molar-refractivity contribution in [3.05, 3.63) is 11.8 Å². The molecule has 0 spiro atoms. The SMILES string of the molecule is CCN(C(=O)CN(CC)C(C)CC(=O)O)C1=CCCC1. The van der Waals surface area contributed by atoms with E-state index in [-0.39, 0.29) is 24.9 Å². The van der Waals surface area contributed by atoms with Crippen molar-refractivity contribution in [1.29, 1.82) is 0 Å². The highest BCUT2D eigenvalue weighted by atomic mass is 16.4. The summed E-state index contributed by atoms with van der Waals surface area (Å²) in [5, 5.41) is 8.86. The zero-order chi connectivity index (χ0) is 15.1. The Kier molecular flexibility index (Phi) is 6.71. The highest BCUT2D eigenvalue weighted by Gasteiger charge is 2.23. The molecule has 1 N–H and O–H groups in total. The molecule has 1 unspecified atom stereocenters. The van der Waals surface area contributed by atoms with E-state index in [9.17, 15) is 9.59 Å². The number of likely N-dealkylation sites (N-methyl/N-ethyl adjacent to an activating group) is 2. The van der Waals surface area contributed by atoms with Crippen LogP contribution < -0.4 is 0 Å². The second kappa shape index (κ2) is 8.04. The predicted octanol–water partition coefficient (Wildman–Crippen LogP) is 2.09. The lowest BCUT2D eigenvalue weighted by Crippen LogP contribution is -2.43. The highest BCUT2D eigenvalue weighted by Crippen LogP contribution is 2.21. The summed E-state index contributed by atoms with van der Waals surface area (Å²) >= 11 is 0. The molecule has 0 aromatic carbocycles. The van der Waals surface area contributed by atoms with Gasteiger partial charge in [-0.1, -0.05) is 13.0 Å². The van der Waals surface area contributed by atoms with Crippen LogP contribution in [-0.4, -0.2) is 52.5 Å². The Morgan fingerprint density at radius 2 is 2.05 bits per heavy atom. The third-order valence-corrected chi connectivity index (χ3v) is 3.82. The summed E-state index contributed by atoms with van der Waals surface area (Å²) < 4.78 is 0. The number of rotatable bonds is 8. The van der Waals surface area contributed by atoms with E-state index in [2.05, 4.69) is 6.08 Å². The number of allylic oxidation sites excluding steroid dienone is 2. The topological polar surface area (TPSA) is 60.9 Å². The standard InChI is InChI=1S/C15H26N2O3/c1-4-16(12(3)10-15(19)20)11-14(18)17(5-2)13-8-6-7-9-13/h8,12H,4-7,9-11H2,1-3H3,(H,19,20). The fraction of sp³-hybridized carbons (Fsp3) is 0.733. The number of amides is 1. The highest BCUT2D eigenvalue weighted by molar-refractivity contribution is 5.80. The van der Waals surface area contributed by atoms with Gasteiger partial charge in [-0.05, 0) is 39.7 Å². The maximum absolute atomic E-state index is 12.4. The first kappa shape index (κ1) is 16.7. The Morgan fingerprint density at radius 1 is 1.35 bits per heavy atom. The second-order valence-electron chi connectivity index (χ2n) is 5.24. The van der Waals surface area contributed by atoms with Gasteiger partial charge in [-0.2, -0.15) is 0 Å². The molecule has 0 aliphatic heterocycles. The normalized spacial score (nSPS) is 16.1. The van der Waals surface area contributed by atoms with Crippen molar-refractivity contribution in [2.75, 3.05) is 19.6 Å². The van der Waals surface area contributed by atoms with Crippen LogP contribution in [0.25, 0.3) is 0 Å². The van der Waals surface area contributed by atoms with E-state index in [0.29, 0.717) is 13.1 Å². The van der Waals surface area contributed by atoms with E-state index in [1.807, 2.05) is 30.6 Å². The molecular formula is C15H26N2O3. The smallest absolute Gasteiger partial charge is 0.304 e. The minimum atomic E-state index is -0.825. The molecule has 0 radical (unpaired) electrons. The molecule has 0 aromatic heterocycles. The lowest BCUT2D eigenvalue weighted by Gasteiger charge is -2.30. The van der Waals surface area contributed by atoms with Crippen LogP contribution in [0.4, 0.5) is 0 Å². The Balaban J connectivity index is 2.63. The number of carboxylic acid groups (broad SMARTS) is 1. The lowest BCUT2D eigenvalue weighted by molar-refractivity contribution is -0.139. The molecule has 1 rings (SSSR count). The van der Waals surface area contributed by atoms with Gasteiger partial charge in [0.25, 0.3) is 0 Å². The summed E-state index contributed by atoms with van der Waals surface area (Å²) in [7, 11) is 0. The molecule has 0 saturated carbocycles. The van der Waals surface area contributed by atoms with Crippen LogP contribution in [0.5, 0.6) is 0 Å². The monoisotopic (exact) mass is 282 g/mol. The average molecular weight is 282 g/mol. The summed E-state index contributed by atoms with van der Waals surface area (Å²) in [5.74, 6) is -0.756. The molecule has 0 saturated heterocycles. The van der Waals surface area contributed by atoms with Crippen LogP contribution >= 0.6 is 0 Å². The first-order chi connectivity index (χ1) is 9.49. The number of hydrogen-bond acceptors (Lipinski definition) is 3. The molecule has 0 fully saturated rings. The Hall–Kier alpha value is -1.36. The maximum atomic E-state index is 12.4. The molecule has 0 heterocycles. The van der Waals surface area contributed by atoms with Crippen LogP contribution in [0.1, 0.15) is 46.5 Å². The number of carboxylic acids is 1. The van der Waals surface area contributed by atoms with Crippen molar-refractivity contribution in [2.24, 2.45) is 0 Å². The van der Waals surface area contributed by atoms with Gasteiger partial charge in [0.05, 0.1) is 13.0 Å². The molecule has 0 bridgehead atoms. The lowest BCUT2D eigenvalue weighted by atomic mass is 10.2. The number of aliphatic carboxylic acids is 1. The van der Waals surface area contributed by atoms with Gasteiger partial charge in [0.2, 0.25) is 5.91 Å². The summed E-state index contributed by atoms with van der Waals surface area (Å²) in [6.45, 7) is 7.43. The summed E-state index contributed by atoms with van der Waals surface area (Å²) in [5.41, 5.74) is 1.12. The van der Waals surface area contributed by atoms with E-state index >= 15 is 0 Å². The molecule has 1 atom stereocenters. The number of carbonyl (C=O) groups excluding carboxylic acids is 1. The second-order valence-corrected chi connectivity index (χ2v) is 5.24. The number of hydrogen-bond donors (Lipinski definition) is 1. The molecule has 1 aliphatic carbocycles. The molecule has 1 amide bonds. The van der Waals surface area contributed by atoms with E-state index in [4.69, 9.17) is 5.11 Å². The molecule has 0 aromatic rings. The van der Waals surface area contributed by atoms with Gasteiger partial charge in [-0.3, -0.25) is 14.5 Å². The van der Waals surface area contributed by atoms with Gasteiger partial charge >= 0.3 is 5.97 Å². The molecule has 1 aliphatic rings. The van der Waals surface area contributed by atoms with Gasteiger partial charge in [0.15, 0.2) is 0 Å². The average Bonchev–Trinajstić information content (AvgIpc) is 2.89. The van der Waals surface area contributed by atoms with Gasteiger partial charge in [0, 0.05) is 18.3 Å². The van der Waals surface area contributed by atoms with Crippen LogP contribution in [-0.2, 0) is 9.59 Å². The minimum Gasteiger partial charge on any atom is -0.481 e. The van der Waals surface area contributed by atoms with Crippen LogP contribution in [0.2, 0.25) is 0 Å². The van der Waals surface area contributed by atoms with Crippen LogP contribution in [0, 0.1) is 0 Å². The number of carbonyl (C=O) groups is 2. The summed E-state index contributed by atoms with van der Waals surface area (Å²) in [6, 6.07) is -0.127. The summed E-state index contributed by atoms with van der Waals surface area (Å²) in [4.78, 5) is 27.0. The third-order valence-electron chi connectivity index (χ3n) is 3.82. The van der Waals surface area contributed by atoms with E-state index in [1.54, 1.807) is 0 Å². The fourth-order valence-corrected chi connectivity index (χ4v) is 2.66. The molecule has 20 heavy (non-hydrogen) atoms. The maximum Gasteiger partial charge on any atom is 0.304 e. The van der Waals surface area contributed by atoms with Crippen molar-refractivity contribution < 1.29 is 14.7 Å². The van der Waals surface area contributed by atoms with Gasteiger partial charge < -0.3 is 10.0 Å². The minimum absolute atomic E-state index is 0.0654. The molecule has 5 heteroatoms. The van der Waals surface area contributed by atoms with Crippen LogP contribution in [0.15, 0.2) is 11.8 Å². The first-order valence-electron chi connectivity index (χ1n) is 7.44. The first-order valence-corrected chi connectivity index (χ1v) is 7.44. The van der Waals surface area contributed by atoms with Crippen molar-refractivity contribution in [2.45, 2.75) is 52.5 Å². The Bertz CT molecular complexity index is 379. The Labute approximate surface area is 121 Å². The third kappa shape index (κ3) is 4.63. The Morgan fingerprint density at radius 3 is 2.50 bits per heavy atom. The zero-order valence-electron chi connectivity index (χ0n) is 12.8. The van der Waals surface area contributed by atoms with Crippen molar-refractivity contribution in [3.63, 3.8) is 0 Å². The largest absolute Gasteiger partial charge is 0.481 e. The van der Waals surface area contributed by atoms with E-state index in [1.165, 1.54) is 0 Å². The fourth-order valence-electron chi connectivity index (χ4n) is 2.66. The van der Waals surface area contributed by atoms with Crippen molar-refractivity contribution in [1.82, 2.24) is 9.80 Å². The molecular weight excluding hydrogens is 256 g/mol. The predicted molar refractivity (Wildman–Crippen MR) is 78.3 cm³/mol. The quantitative estimate of drug-likeness (QED) is 0.740. The van der Waals surface area contributed by atoms with E-state index in [0.717, 1.165) is 25.0 Å². The van der Waals surface area contributed by atoms with Gasteiger partial charge in [0.1, 0.15) is 0 Å². The van der Waals surface area contributed by atoms with Gasteiger partial charge in [-0.15, -0.1) is 0 Å². The van der Waals surface area contributed by atoms with Crippen molar-refractivity contribution in [3.8, 4) is 0 Å².